The van der Waals surface area contributed by atoms with Crippen LogP contribution in [0, 0.1) is 5.82 Å². The fraction of sp³-hybridized carbons (Fsp3) is 0.222. The van der Waals surface area contributed by atoms with E-state index in [-0.39, 0.29) is 17.6 Å². The van der Waals surface area contributed by atoms with Crippen LogP contribution in [-0.4, -0.2) is 33.9 Å². The van der Waals surface area contributed by atoms with Gasteiger partial charge in [0.15, 0.2) is 0 Å². The third-order valence-electron chi connectivity index (χ3n) is 4.35. The number of halogens is 1. The number of imidazole rings is 1. The van der Waals surface area contributed by atoms with Crippen LogP contribution in [0.3, 0.4) is 0 Å². The molecular formula is C18H16FN3O. The Labute approximate surface area is 133 Å². The summed E-state index contributed by atoms with van der Waals surface area (Å²) in [5.74, 6) is 0.766. The van der Waals surface area contributed by atoms with Crippen molar-refractivity contribution in [2.75, 3.05) is 13.1 Å². The average molecular weight is 309 g/mol. The molecule has 1 N–H and O–H groups in total. The predicted molar refractivity (Wildman–Crippen MR) is 85.8 cm³/mol. The number of aromatic amines is 1. The maximum absolute atomic E-state index is 13.3. The molecule has 1 fully saturated rings. The van der Waals surface area contributed by atoms with Crippen molar-refractivity contribution in [1.29, 1.82) is 0 Å². The van der Waals surface area contributed by atoms with Gasteiger partial charge in [0.1, 0.15) is 11.6 Å². The monoisotopic (exact) mass is 309 g/mol. The van der Waals surface area contributed by atoms with Gasteiger partial charge in [0.05, 0.1) is 11.0 Å². The third-order valence-corrected chi connectivity index (χ3v) is 4.35. The number of hydrogen-bond acceptors (Lipinski definition) is 2. The Morgan fingerprint density at radius 2 is 2.04 bits per heavy atom. The molecule has 1 amide bonds. The molecule has 5 heteroatoms. The molecule has 0 saturated carbocycles. The fourth-order valence-electron chi connectivity index (χ4n) is 3.13. The number of aromatic nitrogens is 2. The second kappa shape index (κ2) is 5.50. The van der Waals surface area contributed by atoms with Crippen molar-refractivity contribution in [2.24, 2.45) is 0 Å². The highest BCUT2D eigenvalue weighted by Crippen LogP contribution is 2.28. The van der Waals surface area contributed by atoms with Crippen LogP contribution in [0.25, 0.3) is 11.0 Å². The summed E-state index contributed by atoms with van der Waals surface area (Å²) in [6.45, 7) is 1.35. The van der Waals surface area contributed by atoms with Gasteiger partial charge in [0, 0.05) is 24.6 Å². The lowest BCUT2D eigenvalue weighted by molar-refractivity contribution is 0.0790. The van der Waals surface area contributed by atoms with E-state index in [2.05, 4.69) is 9.97 Å². The van der Waals surface area contributed by atoms with Gasteiger partial charge in [0.2, 0.25) is 0 Å². The number of amides is 1. The van der Waals surface area contributed by atoms with Crippen molar-refractivity contribution in [3.05, 3.63) is 65.7 Å². The highest BCUT2D eigenvalue weighted by Gasteiger charge is 2.29. The van der Waals surface area contributed by atoms with Crippen LogP contribution >= 0.6 is 0 Å². The van der Waals surface area contributed by atoms with Crippen molar-refractivity contribution in [1.82, 2.24) is 14.9 Å². The molecule has 1 aliphatic rings. The summed E-state index contributed by atoms with van der Waals surface area (Å²) in [7, 11) is 0. The number of hydrogen-bond donors (Lipinski definition) is 1. The molecule has 0 radical (unpaired) electrons. The molecule has 4 rings (SSSR count). The highest BCUT2D eigenvalue weighted by atomic mass is 19.1. The second-order valence-corrected chi connectivity index (χ2v) is 5.89. The Kier molecular flexibility index (Phi) is 3.33. The first-order valence-corrected chi connectivity index (χ1v) is 7.70. The van der Waals surface area contributed by atoms with Gasteiger partial charge < -0.3 is 9.88 Å². The predicted octanol–water partition coefficient (Wildman–Crippen LogP) is 3.33. The van der Waals surface area contributed by atoms with Crippen LogP contribution < -0.4 is 0 Å². The number of nitrogens with zero attached hydrogens (tertiary/aromatic N) is 2. The van der Waals surface area contributed by atoms with E-state index in [1.165, 1.54) is 12.1 Å². The quantitative estimate of drug-likeness (QED) is 0.789. The second-order valence-electron chi connectivity index (χ2n) is 5.89. The molecule has 1 unspecified atom stereocenters. The zero-order valence-corrected chi connectivity index (χ0v) is 12.5. The van der Waals surface area contributed by atoms with E-state index < -0.39 is 0 Å². The van der Waals surface area contributed by atoms with Gasteiger partial charge >= 0.3 is 0 Å². The van der Waals surface area contributed by atoms with Crippen LogP contribution in [-0.2, 0) is 0 Å². The molecule has 1 aromatic heterocycles. The minimum Gasteiger partial charge on any atom is -0.342 e. The van der Waals surface area contributed by atoms with E-state index in [9.17, 15) is 9.18 Å². The number of benzene rings is 2. The van der Waals surface area contributed by atoms with E-state index in [4.69, 9.17) is 0 Å². The van der Waals surface area contributed by atoms with E-state index >= 15 is 0 Å². The normalized spacial score (nSPS) is 17.8. The van der Waals surface area contributed by atoms with E-state index in [0.717, 1.165) is 17.8 Å². The first-order chi connectivity index (χ1) is 11.2. The van der Waals surface area contributed by atoms with Gasteiger partial charge in [-0.1, -0.05) is 18.2 Å². The van der Waals surface area contributed by atoms with Gasteiger partial charge in [-0.15, -0.1) is 0 Å². The summed E-state index contributed by atoms with van der Waals surface area (Å²) in [4.78, 5) is 22.1. The van der Waals surface area contributed by atoms with Crippen LogP contribution in [0.4, 0.5) is 4.39 Å². The summed E-state index contributed by atoms with van der Waals surface area (Å²) >= 11 is 0. The number of carbonyl (C=O) groups is 1. The van der Waals surface area contributed by atoms with Gasteiger partial charge in [-0.3, -0.25) is 4.79 Å². The number of fused-ring (bicyclic) bond motifs is 1. The van der Waals surface area contributed by atoms with Crippen LogP contribution in [0.15, 0.2) is 48.5 Å². The van der Waals surface area contributed by atoms with E-state index in [1.807, 2.05) is 35.2 Å². The Morgan fingerprint density at radius 1 is 1.22 bits per heavy atom. The van der Waals surface area contributed by atoms with E-state index in [1.54, 1.807) is 6.07 Å². The molecule has 0 spiro atoms. The van der Waals surface area contributed by atoms with Crippen LogP contribution in [0.5, 0.6) is 0 Å². The minimum absolute atomic E-state index is 0.0512. The summed E-state index contributed by atoms with van der Waals surface area (Å²) in [6.07, 6.45) is 0.862. The maximum Gasteiger partial charge on any atom is 0.253 e. The Bertz CT molecular complexity index is 859. The zero-order chi connectivity index (χ0) is 15.8. The molecule has 1 atom stereocenters. The summed E-state index contributed by atoms with van der Waals surface area (Å²) in [6, 6.07) is 13.8. The summed E-state index contributed by atoms with van der Waals surface area (Å²) in [5, 5.41) is 0. The molecule has 2 aromatic carbocycles. The van der Waals surface area contributed by atoms with Crippen molar-refractivity contribution >= 4 is 16.9 Å². The van der Waals surface area contributed by atoms with Gasteiger partial charge in [0.25, 0.3) is 5.91 Å². The molecular weight excluding hydrogens is 293 g/mol. The minimum atomic E-state index is -0.278. The number of likely N-dealkylation sites (tertiary alicyclic amines) is 1. The van der Waals surface area contributed by atoms with E-state index in [0.29, 0.717) is 24.2 Å². The average Bonchev–Trinajstić information content (AvgIpc) is 3.21. The number of carbonyl (C=O) groups excluding carboxylic acids is 1. The lowest BCUT2D eigenvalue weighted by Crippen LogP contribution is -2.28. The standard InChI is InChI=1S/C18H16FN3O/c19-14-6-7-15-16(10-14)21-17(20-15)13-8-9-22(11-13)18(23)12-4-2-1-3-5-12/h1-7,10,13H,8-9,11H2,(H,20,21). The third kappa shape index (κ3) is 2.59. The molecule has 0 bridgehead atoms. The van der Waals surface area contributed by atoms with Gasteiger partial charge in [-0.25, -0.2) is 9.37 Å². The lowest BCUT2D eigenvalue weighted by Gasteiger charge is -2.16. The van der Waals surface area contributed by atoms with Gasteiger partial charge in [-0.05, 0) is 36.8 Å². The first kappa shape index (κ1) is 13.9. The van der Waals surface area contributed by atoms with Crippen LogP contribution in [0.2, 0.25) is 0 Å². The number of H-pyrrole nitrogens is 1. The maximum atomic E-state index is 13.3. The van der Waals surface area contributed by atoms with Crippen molar-refractivity contribution in [3.8, 4) is 0 Å². The van der Waals surface area contributed by atoms with Crippen molar-refractivity contribution < 1.29 is 9.18 Å². The molecule has 1 aliphatic heterocycles. The molecule has 2 heterocycles. The molecule has 3 aromatic rings. The first-order valence-electron chi connectivity index (χ1n) is 7.70. The molecule has 1 saturated heterocycles. The Hall–Kier alpha value is -2.69. The Morgan fingerprint density at radius 3 is 2.87 bits per heavy atom. The summed E-state index contributed by atoms with van der Waals surface area (Å²) in [5.41, 5.74) is 2.17. The largest absolute Gasteiger partial charge is 0.342 e. The highest BCUT2D eigenvalue weighted by molar-refractivity contribution is 5.94. The van der Waals surface area contributed by atoms with Crippen molar-refractivity contribution in [2.45, 2.75) is 12.3 Å². The lowest BCUT2D eigenvalue weighted by atomic mass is 10.1. The fourth-order valence-corrected chi connectivity index (χ4v) is 3.13. The Balaban J connectivity index is 1.54. The van der Waals surface area contributed by atoms with Crippen molar-refractivity contribution in [3.63, 3.8) is 0 Å². The SMILES string of the molecule is O=C(c1ccccc1)N1CCC(c2nc3ccc(F)cc3[nH]2)C1. The zero-order valence-electron chi connectivity index (χ0n) is 12.5. The topological polar surface area (TPSA) is 49.0 Å². The molecule has 23 heavy (non-hydrogen) atoms. The molecule has 0 aliphatic carbocycles. The number of nitrogens with one attached hydrogen (secondary N) is 1. The smallest absolute Gasteiger partial charge is 0.253 e. The summed E-state index contributed by atoms with van der Waals surface area (Å²) < 4.78 is 13.3. The van der Waals surface area contributed by atoms with Crippen LogP contribution in [0.1, 0.15) is 28.5 Å². The number of rotatable bonds is 2. The molecule has 116 valence electrons. The molecule has 4 nitrogen and oxygen atoms in total. The van der Waals surface area contributed by atoms with Gasteiger partial charge in [-0.2, -0.15) is 0 Å².